The van der Waals surface area contributed by atoms with E-state index in [2.05, 4.69) is 15.6 Å². The Morgan fingerprint density at radius 3 is 2.70 bits per heavy atom. The average Bonchev–Trinajstić information content (AvgIpc) is 3.02. The third-order valence-electron chi connectivity index (χ3n) is 3.75. The molecule has 5 nitrogen and oxygen atoms in total. The van der Waals surface area contributed by atoms with Crippen LogP contribution in [-0.4, -0.2) is 27.9 Å². The highest BCUT2D eigenvalue weighted by Crippen LogP contribution is 2.21. The molecule has 0 spiro atoms. The Balaban J connectivity index is 1.65. The van der Waals surface area contributed by atoms with Gasteiger partial charge in [0.2, 0.25) is 5.91 Å². The van der Waals surface area contributed by atoms with E-state index in [0.29, 0.717) is 5.75 Å². The molecule has 23 heavy (non-hydrogen) atoms. The van der Waals surface area contributed by atoms with Gasteiger partial charge in [-0.15, -0.1) is 0 Å². The average molecular weight is 327 g/mol. The molecule has 1 aromatic carbocycles. The van der Waals surface area contributed by atoms with Gasteiger partial charge in [-0.3, -0.25) is 14.6 Å². The maximum Gasteiger partial charge on any atom is 0.279 e. The van der Waals surface area contributed by atoms with E-state index in [9.17, 15) is 9.59 Å². The van der Waals surface area contributed by atoms with Crippen molar-refractivity contribution < 1.29 is 9.59 Å². The highest BCUT2D eigenvalue weighted by molar-refractivity contribution is 8.14. The highest BCUT2D eigenvalue weighted by atomic mass is 32.2. The van der Waals surface area contributed by atoms with E-state index in [0.717, 1.165) is 28.5 Å². The van der Waals surface area contributed by atoms with Crippen molar-refractivity contribution in [1.29, 1.82) is 0 Å². The predicted molar refractivity (Wildman–Crippen MR) is 91.0 cm³/mol. The van der Waals surface area contributed by atoms with E-state index in [1.807, 2.05) is 49.5 Å². The molecule has 1 saturated heterocycles. The standard InChI is InChI=1S/C17H17N3O2S/c1-11(19-16(21)15-10-23-17(22)20-15)12-4-6-13(7-5-12)14-3-2-8-18-9-14/h2-9,11,15H,10H2,1H3,(H,19,21)(H,20,22)/t11-,15-/m0/s1. The Hall–Kier alpha value is -2.34. The lowest BCUT2D eigenvalue weighted by atomic mass is 10.0. The molecule has 1 fully saturated rings. The summed E-state index contributed by atoms with van der Waals surface area (Å²) in [5, 5.41) is 5.44. The lowest BCUT2D eigenvalue weighted by Crippen LogP contribution is -2.43. The van der Waals surface area contributed by atoms with Crippen LogP contribution in [0.4, 0.5) is 4.79 Å². The minimum atomic E-state index is -0.440. The van der Waals surface area contributed by atoms with Gasteiger partial charge in [-0.2, -0.15) is 0 Å². The summed E-state index contributed by atoms with van der Waals surface area (Å²) in [4.78, 5) is 27.4. The molecule has 2 heterocycles. The minimum absolute atomic E-state index is 0.118. The van der Waals surface area contributed by atoms with Gasteiger partial charge in [0.15, 0.2) is 0 Å². The summed E-state index contributed by atoms with van der Waals surface area (Å²) in [7, 11) is 0. The van der Waals surface area contributed by atoms with Gasteiger partial charge in [-0.05, 0) is 29.7 Å². The van der Waals surface area contributed by atoms with E-state index < -0.39 is 6.04 Å². The first-order valence-corrected chi connectivity index (χ1v) is 8.36. The highest BCUT2D eigenvalue weighted by Gasteiger charge is 2.28. The third-order valence-corrected chi connectivity index (χ3v) is 4.63. The third kappa shape index (κ3) is 3.71. The van der Waals surface area contributed by atoms with E-state index in [4.69, 9.17) is 0 Å². The number of carbonyl (C=O) groups is 2. The number of rotatable bonds is 4. The van der Waals surface area contributed by atoms with Gasteiger partial charge in [-0.25, -0.2) is 0 Å². The van der Waals surface area contributed by atoms with Gasteiger partial charge in [-0.1, -0.05) is 42.1 Å². The van der Waals surface area contributed by atoms with Crippen LogP contribution in [0.1, 0.15) is 18.5 Å². The quantitative estimate of drug-likeness (QED) is 0.906. The molecule has 2 N–H and O–H groups in total. The zero-order valence-corrected chi connectivity index (χ0v) is 13.5. The van der Waals surface area contributed by atoms with Crippen LogP contribution in [0.15, 0.2) is 48.8 Å². The largest absolute Gasteiger partial charge is 0.348 e. The zero-order chi connectivity index (χ0) is 16.2. The van der Waals surface area contributed by atoms with Crippen LogP contribution in [0, 0.1) is 0 Å². The summed E-state index contributed by atoms with van der Waals surface area (Å²) in [5.41, 5.74) is 3.16. The van der Waals surface area contributed by atoms with E-state index in [1.54, 1.807) is 6.20 Å². The van der Waals surface area contributed by atoms with Crippen molar-refractivity contribution >= 4 is 22.9 Å². The monoisotopic (exact) mass is 327 g/mol. The van der Waals surface area contributed by atoms with E-state index in [-0.39, 0.29) is 17.2 Å². The van der Waals surface area contributed by atoms with E-state index >= 15 is 0 Å². The molecular formula is C17H17N3O2S. The van der Waals surface area contributed by atoms with Gasteiger partial charge in [0.1, 0.15) is 6.04 Å². The molecular weight excluding hydrogens is 310 g/mol. The van der Waals surface area contributed by atoms with Crippen LogP contribution in [-0.2, 0) is 4.79 Å². The smallest absolute Gasteiger partial charge is 0.279 e. The summed E-state index contributed by atoms with van der Waals surface area (Å²) in [6.45, 7) is 1.93. The fourth-order valence-corrected chi connectivity index (χ4v) is 3.20. The SMILES string of the molecule is C[C@H](NC(=O)[C@@H]1CSC(=O)N1)c1ccc(-c2cccnc2)cc1. The molecule has 1 aliphatic rings. The van der Waals surface area contributed by atoms with Crippen molar-refractivity contribution in [2.45, 2.75) is 19.0 Å². The normalized spacial score (nSPS) is 18.3. The second-order valence-corrected chi connectivity index (χ2v) is 6.38. The molecule has 0 unspecified atom stereocenters. The molecule has 1 aliphatic heterocycles. The first kappa shape index (κ1) is 15.6. The van der Waals surface area contributed by atoms with Crippen LogP contribution >= 0.6 is 11.8 Å². The van der Waals surface area contributed by atoms with Crippen LogP contribution in [0.5, 0.6) is 0 Å². The Labute approximate surface area is 138 Å². The lowest BCUT2D eigenvalue weighted by Gasteiger charge is -2.17. The van der Waals surface area contributed by atoms with E-state index in [1.165, 1.54) is 0 Å². The number of hydrogen-bond donors (Lipinski definition) is 2. The second kappa shape index (κ2) is 6.83. The van der Waals surface area contributed by atoms with Crippen molar-refractivity contribution in [2.24, 2.45) is 0 Å². The van der Waals surface area contributed by atoms with Crippen molar-refractivity contribution in [3.63, 3.8) is 0 Å². The first-order chi connectivity index (χ1) is 11.1. The van der Waals surface area contributed by atoms with Crippen molar-refractivity contribution in [3.05, 3.63) is 54.4 Å². The Morgan fingerprint density at radius 1 is 1.30 bits per heavy atom. The Kier molecular flexibility index (Phi) is 4.62. The summed E-state index contributed by atoms with van der Waals surface area (Å²) < 4.78 is 0. The van der Waals surface area contributed by atoms with Crippen LogP contribution in [0.25, 0.3) is 11.1 Å². The van der Waals surface area contributed by atoms with Gasteiger partial charge in [0, 0.05) is 18.1 Å². The number of thioether (sulfide) groups is 1. The molecule has 0 bridgehead atoms. The number of aromatic nitrogens is 1. The van der Waals surface area contributed by atoms with Gasteiger partial charge < -0.3 is 10.6 Å². The molecule has 3 rings (SSSR count). The second-order valence-electron chi connectivity index (χ2n) is 5.39. The fourth-order valence-electron chi connectivity index (χ4n) is 2.42. The van der Waals surface area contributed by atoms with Crippen LogP contribution in [0.3, 0.4) is 0 Å². The molecule has 1 aromatic heterocycles. The number of pyridine rings is 1. The maximum absolute atomic E-state index is 12.1. The van der Waals surface area contributed by atoms with Crippen LogP contribution < -0.4 is 10.6 Å². The fraction of sp³-hybridized carbons (Fsp3) is 0.235. The number of benzene rings is 1. The molecule has 6 heteroatoms. The Bertz CT molecular complexity index is 704. The molecule has 0 radical (unpaired) electrons. The first-order valence-electron chi connectivity index (χ1n) is 7.37. The van der Waals surface area contributed by atoms with Crippen LogP contribution in [0.2, 0.25) is 0 Å². The zero-order valence-electron chi connectivity index (χ0n) is 12.7. The van der Waals surface area contributed by atoms with Gasteiger partial charge in [0.25, 0.3) is 5.24 Å². The number of carbonyl (C=O) groups excluding carboxylic acids is 2. The van der Waals surface area contributed by atoms with Crippen molar-refractivity contribution in [3.8, 4) is 11.1 Å². The predicted octanol–water partition coefficient (Wildman–Crippen LogP) is 2.75. The summed E-state index contributed by atoms with van der Waals surface area (Å²) in [6.07, 6.45) is 3.57. The molecule has 2 aromatic rings. The van der Waals surface area contributed by atoms with Crippen molar-refractivity contribution in [2.75, 3.05) is 5.75 Å². The number of hydrogen-bond acceptors (Lipinski definition) is 4. The lowest BCUT2D eigenvalue weighted by molar-refractivity contribution is -0.122. The maximum atomic E-state index is 12.1. The number of nitrogens with one attached hydrogen (secondary N) is 2. The molecule has 0 aliphatic carbocycles. The molecule has 2 atom stereocenters. The van der Waals surface area contributed by atoms with Crippen molar-refractivity contribution in [1.82, 2.24) is 15.6 Å². The number of nitrogens with zero attached hydrogens (tertiary/aromatic N) is 1. The van der Waals surface area contributed by atoms with Gasteiger partial charge >= 0.3 is 0 Å². The summed E-state index contributed by atoms with van der Waals surface area (Å²) in [5.74, 6) is 0.337. The summed E-state index contributed by atoms with van der Waals surface area (Å²) in [6, 6.07) is 11.4. The summed E-state index contributed by atoms with van der Waals surface area (Å²) >= 11 is 1.14. The van der Waals surface area contributed by atoms with Gasteiger partial charge in [0.05, 0.1) is 6.04 Å². The topological polar surface area (TPSA) is 71.1 Å². The number of amides is 2. The minimum Gasteiger partial charge on any atom is -0.348 e. The molecule has 0 saturated carbocycles. The molecule has 118 valence electrons. The molecule has 2 amide bonds. The Morgan fingerprint density at radius 2 is 2.09 bits per heavy atom.